The van der Waals surface area contributed by atoms with E-state index in [1.54, 1.807) is 37.7 Å². The van der Waals surface area contributed by atoms with E-state index in [9.17, 15) is 9.59 Å². The summed E-state index contributed by atoms with van der Waals surface area (Å²) in [7, 11) is 1.56. The summed E-state index contributed by atoms with van der Waals surface area (Å²) < 4.78 is 25.3. The number of fused-ring (bicyclic) bond motifs is 1. The summed E-state index contributed by atoms with van der Waals surface area (Å²) in [5, 5.41) is 0. The van der Waals surface area contributed by atoms with E-state index >= 15 is 0 Å². The van der Waals surface area contributed by atoms with Gasteiger partial charge in [-0.2, -0.15) is 0 Å². The minimum absolute atomic E-state index is 0.0534. The molecule has 0 bridgehead atoms. The van der Waals surface area contributed by atoms with Crippen LogP contribution in [0.2, 0.25) is 0 Å². The number of hydrogen-bond acceptors (Lipinski definition) is 8. The molecule has 0 radical (unpaired) electrons. The van der Waals surface area contributed by atoms with Gasteiger partial charge in [-0.05, 0) is 92.0 Å². The molecule has 4 rings (SSSR count). The molecule has 0 amide bonds. The summed E-state index contributed by atoms with van der Waals surface area (Å²) in [6.07, 6.45) is 1.76. The van der Waals surface area contributed by atoms with Crippen LogP contribution >= 0.6 is 27.3 Å². The highest BCUT2D eigenvalue weighted by Crippen LogP contribution is 2.36. The minimum Gasteiger partial charge on any atom is -0.493 e. The standard InChI is InChI=1S/C29H31BrN2O6S/c1-7-36-21-11-9-18(13-20(21)30)14-24-27(33)32-26(19-10-12-22(38-16(3)4)23(15-19)35-6)25(28(34)37-8-2)17(5)31-29(32)39-24/h9-16,26H,7-8H2,1-6H3/b24-14-/t26-/m0/s1. The van der Waals surface area contributed by atoms with Crippen molar-refractivity contribution in [1.29, 1.82) is 0 Å². The summed E-state index contributed by atoms with van der Waals surface area (Å²) in [5.74, 6) is 1.28. The molecule has 0 saturated carbocycles. The second-order valence-corrected chi connectivity index (χ2v) is 10.9. The predicted molar refractivity (Wildman–Crippen MR) is 154 cm³/mol. The minimum atomic E-state index is -0.753. The number of esters is 1. The van der Waals surface area contributed by atoms with Crippen molar-refractivity contribution in [3.8, 4) is 17.2 Å². The second-order valence-electron chi connectivity index (χ2n) is 9.00. The largest absolute Gasteiger partial charge is 0.493 e. The lowest BCUT2D eigenvalue weighted by atomic mass is 9.95. The average Bonchev–Trinajstić information content (AvgIpc) is 3.19. The summed E-state index contributed by atoms with van der Waals surface area (Å²) in [6.45, 7) is 10.0. The van der Waals surface area contributed by atoms with Crippen molar-refractivity contribution in [2.45, 2.75) is 46.8 Å². The monoisotopic (exact) mass is 614 g/mol. The van der Waals surface area contributed by atoms with Gasteiger partial charge in [-0.15, -0.1) is 0 Å². The first kappa shape index (κ1) is 28.6. The number of carbonyl (C=O) groups excluding carboxylic acids is 1. The normalized spacial score (nSPS) is 15.2. The van der Waals surface area contributed by atoms with Crippen LogP contribution in [0.3, 0.4) is 0 Å². The third-order valence-corrected chi connectivity index (χ3v) is 7.54. The Hall–Kier alpha value is -3.37. The number of nitrogens with zero attached hydrogens (tertiary/aromatic N) is 2. The van der Waals surface area contributed by atoms with Crippen LogP contribution in [0.15, 0.2) is 61.9 Å². The molecular weight excluding hydrogens is 584 g/mol. The van der Waals surface area contributed by atoms with Crippen LogP contribution in [-0.4, -0.2) is 37.0 Å². The van der Waals surface area contributed by atoms with Gasteiger partial charge in [0.2, 0.25) is 0 Å². The van der Waals surface area contributed by atoms with Gasteiger partial charge >= 0.3 is 5.97 Å². The fourth-order valence-corrected chi connectivity index (χ4v) is 5.90. The number of thiazole rings is 1. The van der Waals surface area contributed by atoms with E-state index in [0.717, 1.165) is 15.8 Å². The van der Waals surface area contributed by atoms with Crippen LogP contribution in [0.5, 0.6) is 17.2 Å². The maximum absolute atomic E-state index is 13.9. The van der Waals surface area contributed by atoms with E-state index in [-0.39, 0.29) is 18.3 Å². The predicted octanol–water partition coefficient (Wildman–Crippen LogP) is 4.76. The van der Waals surface area contributed by atoms with Gasteiger partial charge in [0.05, 0.1) is 52.7 Å². The Labute approximate surface area is 239 Å². The summed E-state index contributed by atoms with van der Waals surface area (Å²) >= 11 is 4.80. The smallest absolute Gasteiger partial charge is 0.338 e. The lowest BCUT2D eigenvalue weighted by molar-refractivity contribution is -0.139. The Kier molecular flexibility index (Phi) is 8.97. The molecule has 0 spiro atoms. The Bertz CT molecular complexity index is 1600. The molecule has 1 aliphatic rings. The van der Waals surface area contributed by atoms with Crippen LogP contribution in [0.25, 0.3) is 6.08 Å². The molecule has 1 aromatic heterocycles. The van der Waals surface area contributed by atoms with E-state index in [0.29, 0.717) is 44.3 Å². The first-order valence-corrected chi connectivity index (χ1v) is 14.3. The summed E-state index contributed by atoms with van der Waals surface area (Å²) in [6, 6.07) is 10.3. The lowest BCUT2D eigenvalue weighted by Crippen LogP contribution is -2.40. The molecule has 3 aromatic rings. The molecule has 2 heterocycles. The number of rotatable bonds is 9. The van der Waals surface area contributed by atoms with Crippen molar-refractivity contribution >= 4 is 39.3 Å². The molecule has 0 aliphatic carbocycles. The molecule has 0 saturated heterocycles. The summed E-state index contributed by atoms with van der Waals surface area (Å²) in [4.78, 5) is 32.2. The van der Waals surface area contributed by atoms with E-state index in [2.05, 4.69) is 20.9 Å². The fourth-order valence-electron chi connectivity index (χ4n) is 4.34. The molecule has 206 valence electrons. The average molecular weight is 616 g/mol. The molecule has 1 aliphatic heterocycles. The number of aromatic nitrogens is 1. The van der Waals surface area contributed by atoms with E-state index in [4.69, 9.17) is 18.9 Å². The quantitative estimate of drug-likeness (QED) is 0.323. The highest BCUT2D eigenvalue weighted by molar-refractivity contribution is 9.10. The van der Waals surface area contributed by atoms with Crippen molar-refractivity contribution in [1.82, 2.24) is 4.57 Å². The maximum Gasteiger partial charge on any atom is 0.338 e. The Balaban J connectivity index is 1.91. The van der Waals surface area contributed by atoms with Gasteiger partial charge in [0.15, 0.2) is 16.3 Å². The molecule has 39 heavy (non-hydrogen) atoms. The molecule has 2 aromatic carbocycles. The second kappa shape index (κ2) is 12.2. The molecule has 0 N–H and O–H groups in total. The van der Waals surface area contributed by atoms with Crippen molar-refractivity contribution in [3.63, 3.8) is 0 Å². The number of ether oxygens (including phenoxy) is 4. The van der Waals surface area contributed by atoms with Gasteiger partial charge < -0.3 is 18.9 Å². The molecule has 8 nitrogen and oxygen atoms in total. The summed E-state index contributed by atoms with van der Waals surface area (Å²) in [5.41, 5.74) is 2.04. The maximum atomic E-state index is 13.9. The fraction of sp³-hybridized carbons (Fsp3) is 0.345. The third-order valence-electron chi connectivity index (χ3n) is 5.94. The zero-order valence-corrected chi connectivity index (χ0v) is 25.1. The number of hydrogen-bond donors (Lipinski definition) is 0. The number of halogens is 1. The Morgan fingerprint density at radius 1 is 1.13 bits per heavy atom. The Morgan fingerprint density at radius 3 is 2.51 bits per heavy atom. The lowest BCUT2D eigenvalue weighted by Gasteiger charge is -2.25. The number of carbonyl (C=O) groups is 1. The Morgan fingerprint density at radius 2 is 1.87 bits per heavy atom. The van der Waals surface area contributed by atoms with E-state index < -0.39 is 12.0 Å². The number of benzene rings is 2. The number of methoxy groups -OCH3 is 1. The highest BCUT2D eigenvalue weighted by Gasteiger charge is 2.34. The SMILES string of the molecule is CCOC(=O)C1=C(C)N=c2s/c(=C\c3ccc(OCC)c(Br)c3)c(=O)n2[C@H]1c1ccc(OC(C)C)c(OC)c1. The molecule has 10 heteroatoms. The number of allylic oxidation sites excluding steroid dienone is 1. The molecule has 1 atom stereocenters. The zero-order chi connectivity index (χ0) is 28.3. The van der Waals surface area contributed by atoms with Crippen molar-refractivity contribution in [2.24, 2.45) is 4.99 Å². The van der Waals surface area contributed by atoms with E-state index in [1.807, 2.05) is 51.1 Å². The van der Waals surface area contributed by atoms with Crippen LogP contribution < -0.4 is 29.1 Å². The first-order chi connectivity index (χ1) is 18.7. The first-order valence-electron chi connectivity index (χ1n) is 12.6. The molecule has 0 unspecified atom stereocenters. The topological polar surface area (TPSA) is 88.4 Å². The van der Waals surface area contributed by atoms with Crippen LogP contribution in [0.4, 0.5) is 0 Å². The molecule has 0 fully saturated rings. The third kappa shape index (κ3) is 5.96. The van der Waals surface area contributed by atoms with Crippen LogP contribution in [0.1, 0.15) is 51.8 Å². The van der Waals surface area contributed by atoms with Gasteiger partial charge in [-0.25, -0.2) is 9.79 Å². The van der Waals surface area contributed by atoms with Gasteiger partial charge in [-0.3, -0.25) is 9.36 Å². The molecular formula is C29H31BrN2O6S. The van der Waals surface area contributed by atoms with Crippen LogP contribution in [0, 0.1) is 0 Å². The van der Waals surface area contributed by atoms with Crippen molar-refractivity contribution in [2.75, 3.05) is 20.3 Å². The van der Waals surface area contributed by atoms with Gasteiger partial charge in [0.1, 0.15) is 5.75 Å². The zero-order valence-electron chi connectivity index (χ0n) is 22.7. The van der Waals surface area contributed by atoms with Gasteiger partial charge in [0, 0.05) is 0 Å². The van der Waals surface area contributed by atoms with Crippen LogP contribution in [-0.2, 0) is 9.53 Å². The van der Waals surface area contributed by atoms with Crippen molar-refractivity contribution in [3.05, 3.63) is 83.0 Å². The van der Waals surface area contributed by atoms with Crippen molar-refractivity contribution < 1.29 is 23.7 Å². The van der Waals surface area contributed by atoms with E-state index in [1.165, 1.54) is 11.3 Å². The highest BCUT2D eigenvalue weighted by atomic mass is 79.9. The van der Waals surface area contributed by atoms with Gasteiger partial charge in [0.25, 0.3) is 5.56 Å². The van der Waals surface area contributed by atoms with Gasteiger partial charge in [-0.1, -0.05) is 23.5 Å².